The SMILES string of the molecule is Cl.O=C(CCC1CCNCC1)NCC(c1ccccc1)c1c[nH]c2ccccc12. The van der Waals surface area contributed by atoms with Gasteiger partial charge in [0.2, 0.25) is 5.91 Å². The molecule has 29 heavy (non-hydrogen) atoms. The lowest BCUT2D eigenvalue weighted by molar-refractivity contribution is -0.121. The van der Waals surface area contributed by atoms with E-state index in [2.05, 4.69) is 64.3 Å². The maximum Gasteiger partial charge on any atom is 0.220 e. The number of H-pyrrole nitrogens is 1. The van der Waals surface area contributed by atoms with Gasteiger partial charge in [-0.1, -0.05) is 48.5 Å². The standard InChI is InChI=1S/C24H29N3O.ClH/c28-24(11-10-18-12-14-25-15-13-18)27-16-21(19-6-2-1-3-7-19)22-17-26-23-9-5-4-8-20(22)23;/h1-9,17-18,21,25-26H,10-16H2,(H,27,28);1H. The Morgan fingerprint density at radius 1 is 1.03 bits per heavy atom. The number of rotatable bonds is 7. The maximum absolute atomic E-state index is 12.5. The van der Waals surface area contributed by atoms with Crippen molar-refractivity contribution in [2.45, 2.75) is 31.6 Å². The molecule has 1 aliphatic rings. The zero-order valence-electron chi connectivity index (χ0n) is 16.7. The van der Waals surface area contributed by atoms with Crippen molar-refractivity contribution < 1.29 is 4.79 Å². The molecule has 5 heteroatoms. The highest BCUT2D eigenvalue weighted by molar-refractivity contribution is 5.85. The fourth-order valence-electron chi connectivity index (χ4n) is 4.28. The van der Waals surface area contributed by atoms with Crippen molar-refractivity contribution in [1.82, 2.24) is 15.6 Å². The van der Waals surface area contributed by atoms with Crippen molar-refractivity contribution in [3.63, 3.8) is 0 Å². The Balaban J connectivity index is 0.00000240. The number of piperidine rings is 1. The number of aromatic nitrogens is 1. The van der Waals surface area contributed by atoms with E-state index in [4.69, 9.17) is 0 Å². The van der Waals surface area contributed by atoms with Gasteiger partial charge >= 0.3 is 0 Å². The third kappa shape index (κ3) is 5.40. The number of carbonyl (C=O) groups is 1. The average molecular weight is 412 g/mol. The zero-order valence-corrected chi connectivity index (χ0v) is 17.5. The van der Waals surface area contributed by atoms with E-state index in [9.17, 15) is 4.79 Å². The van der Waals surface area contributed by atoms with Crippen molar-refractivity contribution in [2.75, 3.05) is 19.6 Å². The van der Waals surface area contributed by atoms with Gasteiger partial charge in [-0.05, 0) is 55.5 Å². The molecular weight excluding hydrogens is 382 g/mol. The number of carbonyl (C=O) groups excluding carboxylic acids is 1. The molecule has 1 aromatic heterocycles. The smallest absolute Gasteiger partial charge is 0.220 e. The van der Waals surface area contributed by atoms with Crippen LogP contribution < -0.4 is 10.6 Å². The second kappa shape index (κ2) is 10.5. The summed E-state index contributed by atoms with van der Waals surface area (Å²) in [7, 11) is 0. The summed E-state index contributed by atoms with van der Waals surface area (Å²) in [6.45, 7) is 2.79. The highest BCUT2D eigenvalue weighted by Crippen LogP contribution is 2.30. The number of hydrogen-bond acceptors (Lipinski definition) is 2. The summed E-state index contributed by atoms with van der Waals surface area (Å²) in [5.41, 5.74) is 3.60. The van der Waals surface area contributed by atoms with Crippen LogP contribution in [0.1, 0.15) is 42.7 Å². The minimum Gasteiger partial charge on any atom is -0.361 e. The molecule has 1 atom stereocenters. The third-order valence-corrected chi connectivity index (χ3v) is 5.94. The first-order chi connectivity index (χ1) is 13.8. The number of para-hydroxylation sites is 1. The highest BCUT2D eigenvalue weighted by Gasteiger charge is 2.20. The van der Waals surface area contributed by atoms with Gasteiger partial charge in [0.1, 0.15) is 0 Å². The van der Waals surface area contributed by atoms with E-state index in [1.165, 1.54) is 29.4 Å². The minimum absolute atomic E-state index is 0. The van der Waals surface area contributed by atoms with E-state index in [-0.39, 0.29) is 24.2 Å². The third-order valence-electron chi connectivity index (χ3n) is 5.94. The highest BCUT2D eigenvalue weighted by atomic mass is 35.5. The first kappa shape index (κ1) is 21.4. The molecule has 1 amide bonds. The van der Waals surface area contributed by atoms with E-state index < -0.39 is 0 Å². The lowest BCUT2D eigenvalue weighted by Gasteiger charge is -2.22. The summed E-state index contributed by atoms with van der Waals surface area (Å²) in [4.78, 5) is 15.9. The fraction of sp³-hybridized carbons (Fsp3) is 0.375. The van der Waals surface area contributed by atoms with Gasteiger partial charge in [-0.3, -0.25) is 4.79 Å². The van der Waals surface area contributed by atoms with Crippen LogP contribution in [-0.2, 0) is 4.79 Å². The van der Waals surface area contributed by atoms with E-state index in [1.54, 1.807) is 0 Å². The molecule has 1 fully saturated rings. The summed E-state index contributed by atoms with van der Waals surface area (Å²) < 4.78 is 0. The topological polar surface area (TPSA) is 56.9 Å². The summed E-state index contributed by atoms with van der Waals surface area (Å²) in [6.07, 6.45) is 6.09. The first-order valence-corrected chi connectivity index (χ1v) is 10.4. The molecule has 0 radical (unpaired) electrons. The van der Waals surface area contributed by atoms with Gasteiger partial charge in [0.15, 0.2) is 0 Å². The van der Waals surface area contributed by atoms with Crippen LogP contribution in [0.15, 0.2) is 60.8 Å². The fourth-order valence-corrected chi connectivity index (χ4v) is 4.28. The average Bonchev–Trinajstić information content (AvgIpc) is 3.18. The maximum atomic E-state index is 12.5. The van der Waals surface area contributed by atoms with Crippen LogP contribution in [-0.4, -0.2) is 30.5 Å². The normalized spacial score (nSPS) is 15.6. The van der Waals surface area contributed by atoms with E-state index in [1.807, 2.05) is 12.1 Å². The van der Waals surface area contributed by atoms with Crippen molar-refractivity contribution in [3.8, 4) is 0 Å². The molecule has 0 spiro atoms. The Morgan fingerprint density at radius 2 is 1.76 bits per heavy atom. The molecule has 2 aromatic carbocycles. The summed E-state index contributed by atoms with van der Waals surface area (Å²) in [5, 5.41) is 7.82. The summed E-state index contributed by atoms with van der Waals surface area (Å²) in [5.74, 6) is 0.991. The molecule has 3 N–H and O–H groups in total. The van der Waals surface area contributed by atoms with E-state index >= 15 is 0 Å². The predicted molar refractivity (Wildman–Crippen MR) is 122 cm³/mol. The molecule has 2 heterocycles. The monoisotopic (exact) mass is 411 g/mol. The predicted octanol–water partition coefficient (Wildman–Crippen LogP) is 4.62. The number of halogens is 1. The number of aromatic amines is 1. The van der Waals surface area contributed by atoms with Crippen LogP contribution in [0.25, 0.3) is 10.9 Å². The van der Waals surface area contributed by atoms with Crippen molar-refractivity contribution in [2.24, 2.45) is 5.92 Å². The molecule has 1 unspecified atom stereocenters. The Kier molecular flexibility index (Phi) is 7.73. The molecule has 0 saturated carbocycles. The van der Waals surface area contributed by atoms with Gasteiger partial charge in [0.25, 0.3) is 0 Å². The van der Waals surface area contributed by atoms with E-state index in [0.717, 1.165) is 25.0 Å². The minimum atomic E-state index is 0. The van der Waals surface area contributed by atoms with Crippen LogP contribution >= 0.6 is 12.4 Å². The number of benzene rings is 2. The largest absolute Gasteiger partial charge is 0.361 e. The molecular formula is C24H30ClN3O. The van der Waals surface area contributed by atoms with Gasteiger partial charge in [-0.2, -0.15) is 0 Å². The summed E-state index contributed by atoms with van der Waals surface area (Å²) >= 11 is 0. The first-order valence-electron chi connectivity index (χ1n) is 10.4. The summed E-state index contributed by atoms with van der Waals surface area (Å²) in [6, 6.07) is 18.8. The lowest BCUT2D eigenvalue weighted by atomic mass is 9.90. The van der Waals surface area contributed by atoms with Crippen molar-refractivity contribution in [3.05, 3.63) is 71.9 Å². The van der Waals surface area contributed by atoms with Crippen LogP contribution in [0.5, 0.6) is 0 Å². The van der Waals surface area contributed by atoms with Crippen LogP contribution in [0.4, 0.5) is 0 Å². The van der Waals surface area contributed by atoms with Gasteiger partial charge in [-0.15, -0.1) is 12.4 Å². The van der Waals surface area contributed by atoms with Gasteiger partial charge in [0.05, 0.1) is 0 Å². The second-order valence-electron chi connectivity index (χ2n) is 7.79. The quantitative estimate of drug-likeness (QED) is 0.531. The van der Waals surface area contributed by atoms with Crippen LogP contribution in [0.2, 0.25) is 0 Å². The number of hydrogen-bond donors (Lipinski definition) is 3. The van der Waals surface area contributed by atoms with Crippen molar-refractivity contribution >= 4 is 29.2 Å². The molecule has 1 saturated heterocycles. The molecule has 1 aliphatic heterocycles. The van der Waals surface area contributed by atoms with Gasteiger partial charge < -0.3 is 15.6 Å². The van der Waals surface area contributed by atoms with Crippen LogP contribution in [0, 0.1) is 5.92 Å². The van der Waals surface area contributed by atoms with Crippen molar-refractivity contribution in [1.29, 1.82) is 0 Å². The molecule has 4 nitrogen and oxygen atoms in total. The van der Waals surface area contributed by atoms with Crippen LogP contribution in [0.3, 0.4) is 0 Å². The second-order valence-corrected chi connectivity index (χ2v) is 7.79. The number of fused-ring (bicyclic) bond motifs is 1. The number of amides is 1. The lowest BCUT2D eigenvalue weighted by Crippen LogP contribution is -2.31. The molecule has 154 valence electrons. The van der Waals surface area contributed by atoms with Gasteiger partial charge in [-0.25, -0.2) is 0 Å². The molecule has 0 aliphatic carbocycles. The Morgan fingerprint density at radius 3 is 2.55 bits per heavy atom. The molecule has 0 bridgehead atoms. The van der Waals surface area contributed by atoms with E-state index in [0.29, 0.717) is 18.9 Å². The van der Waals surface area contributed by atoms with Gasteiger partial charge in [0, 0.05) is 36.0 Å². The number of nitrogens with one attached hydrogen (secondary N) is 3. The zero-order chi connectivity index (χ0) is 19.2. The molecule has 3 aromatic rings. The Hall–Kier alpha value is -2.30. The Labute approximate surface area is 178 Å². The molecule has 4 rings (SSSR count). The Bertz CT molecular complexity index is 903.